The minimum Gasteiger partial charge on any atom is -0.320 e. The summed E-state index contributed by atoms with van der Waals surface area (Å²) in [4.78, 5) is 28.8. The van der Waals surface area contributed by atoms with Crippen molar-refractivity contribution in [3.05, 3.63) is 47.2 Å². The Bertz CT molecular complexity index is 745. The molecule has 138 valence electrons. The van der Waals surface area contributed by atoms with E-state index in [9.17, 15) is 18.4 Å². The van der Waals surface area contributed by atoms with Gasteiger partial charge in [-0.1, -0.05) is 38.2 Å². The SMILES string of the molecule is O=C(CCC1CCCCC1)C1=NCC=C1NC(=O)c1c(F)cccc1F. The summed E-state index contributed by atoms with van der Waals surface area (Å²) < 4.78 is 27.5. The maximum Gasteiger partial charge on any atom is 0.261 e. The van der Waals surface area contributed by atoms with Crippen molar-refractivity contribution < 1.29 is 18.4 Å². The Balaban J connectivity index is 1.61. The highest BCUT2D eigenvalue weighted by atomic mass is 19.1. The van der Waals surface area contributed by atoms with Gasteiger partial charge < -0.3 is 5.32 Å². The van der Waals surface area contributed by atoms with Gasteiger partial charge in [0.25, 0.3) is 5.91 Å². The molecule has 1 aliphatic carbocycles. The van der Waals surface area contributed by atoms with Crippen LogP contribution in [0.5, 0.6) is 0 Å². The zero-order valence-corrected chi connectivity index (χ0v) is 14.6. The maximum atomic E-state index is 13.7. The summed E-state index contributed by atoms with van der Waals surface area (Å²) >= 11 is 0. The smallest absolute Gasteiger partial charge is 0.261 e. The van der Waals surface area contributed by atoms with Crippen molar-refractivity contribution in [3.63, 3.8) is 0 Å². The second kappa shape index (κ2) is 8.34. The molecule has 1 aromatic rings. The van der Waals surface area contributed by atoms with Crippen molar-refractivity contribution in [3.8, 4) is 0 Å². The molecule has 0 aromatic heterocycles. The van der Waals surface area contributed by atoms with Crippen molar-refractivity contribution in [2.24, 2.45) is 10.9 Å². The van der Waals surface area contributed by atoms with Gasteiger partial charge in [-0.3, -0.25) is 14.6 Å². The number of nitrogens with zero attached hydrogens (tertiary/aromatic N) is 1. The summed E-state index contributed by atoms with van der Waals surface area (Å²) in [7, 11) is 0. The molecule has 26 heavy (non-hydrogen) atoms. The third kappa shape index (κ3) is 4.23. The van der Waals surface area contributed by atoms with E-state index in [1.165, 1.54) is 25.3 Å². The fraction of sp³-hybridized carbons (Fsp3) is 0.450. The Morgan fingerprint density at radius 1 is 1.12 bits per heavy atom. The van der Waals surface area contributed by atoms with Gasteiger partial charge in [0.2, 0.25) is 0 Å². The lowest BCUT2D eigenvalue weighted by Gasteiger charge is -2.21. The monoisotopic (exact) mass is 360 g/mol. The number of benzene rings is 1. The topological polar surface area (TPSA) is 58.5 Å². The lowest BCUT2D eigenvalue weighted by atomic mass is 9.85. The Morgan fingerprint density at radius 2 is 1.81 bits per heavy atom. The number of nitrogens with one attached hydrogen (secondary N) is 1. The molecule has 1 aromatic carbocycles. The summed E-state index contributed by atoms with van der Waals surface area (Å²) in [5.74, 6) is -2.36. The average molecular weight is 360 g/mol. The molecule has 1 amide bonds. The number of carbonyl (C=O) groups is 2. The summed E-state index contributed by atoms with van der Waals surface area (Å²) in [5, 5.41) is 2.44. The largest absolute Gasteiger partial charge is 0.320 e. The molecular weight excluding hydrogens is 338 g/mol. The lowest BCUT2D eigenvalue weighted by Crippen LogP contribution is -2.31. The minimum atomic E-state index is -0.941. The number of amides is 1. The van der Waals surface area contributed by atoms with E-state index in [0.29, 0.717) is 12.3 Å². The van der Waals surface area contributed by atoms with Crippen LogP contribution in [0.3, 0.4) is 0 Å². The van der Waals surface area contributed by atoms with Crippen LogP contribution in [-0.2, 0) is 4.79 Å². The van der Waals surface area contributed by atoms with E-state index in [1.54, 1.807) is 6.08 Å². The van der Waals surface area contributed by atoms with Gasteiger partial charge in [-0.25, -0.2) is 8.78 Å². The number of carbonyl (C=O) groups excluding carboxylic acids is 2. The first-order valence-electron chi connectivity index (χ1n) is 9.10. The molecule has 3 rings (SSSR count). The van der Waals surface area contributed by atoms with Crippen LogP contribution in [0, 0.1) is 17.6 Å². The van der Waals surface area contributed by atoms with Crippen LogP contribution >= 0.6 is 0 Å². The average Bonchev–Trinajstić information content (AvgIpc) is 3.08. The summed E-state index contributed by atoms with van der Waals surface area (Å²) in [5.41, 5.74) is -0.216. The molecule has 0 atom stereocenters. The number of halogens is 2. The zero-order chi connectivity index (χ0) is 18.5. The molecule has 1 heterocycles. The molecule has 0 unspecified atom stereocenters. The predicted octanol–water partition coefficient (Wildman–Crippen LogP) is 3.96. The molecule has 0 saturated heterocycles. The van der Waals surface area contributed by atoms with Crippen LogP contribution in [0.15, 0.2) is 35.0 Å². The van der Waals surface area contributed by atoms with Crippen molar-refractivity contribution in [2.45, 2.75) is 44.9 Å². The highest BCUT2D eigenvalue weighted by Crippen LogP contribution is 2.27. The molecule has 1 aliphatic heterocycles. The first-order valence-corrected chi connectivity index (χ1v) is 9.10. The van der Waals surface area contributed by atoms with Gasteiger partial charge in [-0.2, -0.15) is 0 Å². The molecule has 6 heteroatoms. The van der Waals surface area contributed by atoms with Crippen LogP contribution in [0.4, 0.5) is 8.78 Å². The molecule has 4 nitrogen and oxygen atoms in total. The minimum absolute atomic E-state index is 0.131. The molecule has 0 bridgehead atoms. The number of hydrogen-bond donors (Lipinski definition) is 1. The summed E-state index contributed by atoms with van der Waals surface area (Å²) in [6, 6.07) is 3.23. The number of Topliss-reactive ketones (excluding diaryl/α,β-unsaturated/α-hetero) is 1. The van der Waals surface area contributed by atoms with Crippen molar-refractivity contribution in [1.29, 1.82) is 0 Å². The summed E-state index contributed by atoms with van der Waals surface area (Å²) in [6.45, 7) is 0.278. The predicted molar refractivity (Wildman–Crippen MR) is 95.0 cm³/mol. The Morgan fingerprint density at radius 3 is 2.50 bits per heavy atom. The number of ketones is 1. The van der Waals surface area contributed by atoms with Crippen LogP contribution in [0.2, 0.25) is 0 Å². The number of rotatable bonds is 6. The van der Waals surface area contributed by atoms with Gasteiger partial charge in [0.1, 0.15) is 22.9 Å². The third-order valence-electron chi connectivity index (χ3n) is 5.01. The van der Waals surface area contributed by atoms with Crippen molar-refractivity contribution in [1.82, 2.24) is 5.32 Å². The van der Waals surface area contributed by atoms with Gasteiger partial charge in [0.05, 0.1) is 12.2 Å². The second-order valence-corrected chi connectivity index (χ2v) is 6.82. The highest BCUT2D eigenvalue weighted by Gasteiger charge is 2.25. The molecule has 0 radical (unpaired) electrons. The normalized spacial score (nSPS) is 17.6. The Kier molecular flexibility index (Phi) is 5.91. The fourth-order valence-electron chi connectivity index (χ4n) is 3.59. The maximum absolute atomic E-state index is 13.7. The van der Waals surface area contributed by atoms with Gasteiger partial charge >= 0.3 is 0 Å². The van der Waals surface area contributed by atoms with E-state index in [-0.39, 0.29) is 23.7 Å². The standard InChI is InChI=1S/C20H22F2N2O2/c21-14-7-4-8-15(22)18(14)20(26)24-16-11-12-23-19(16)17(25)10-9-13-5-2-1-3-6-13/h4,7-8,11,13H,1-3,5-6,9-10,12H2,(H,24,26). The molecule has 2 aliphatic rings. The molecule has 1 N–H and O–H groups in total. The van der Waals surface area contributed by atoms with E-state index < -0.39 is 23.1 Å². The number of aliphatic imine (C=N–C) groups is 1. The zero-order valence-electron chi connectivity index (χ0n) is 14.6. The molecule has 0 spiro atoms. The van der Waals surface area contributed by atoms with Gasteiger partial charge in [-0.05, 0) is 30.5 Å². The van der Waals surface area contributed by atoms with Crippen LogP contribution in [-0.4, -0.2) is 23.9 Å². The lowest BCUT2D eigenvalue weighted by molar-refractivity contribution is -0.113. The van der Waals surface area contributed by atoms with E-state index in [2.05, 4.69) is 10.3 Å². The van der Waals surface area contributed by atoms with E-state index in [1.807, 2.05) is 0 Å². The van der Waals surface area contributed by atoms with E-state index in [4.69, 9.17) is 0 Å². The Hall–Kier alpha value is -2.37. The first kappa shape index (κ1) is 18.4. The molecular formula is C20H22F2N2O2. The van der Waals surface area contributed by atoms with Crippen molar-refractivity contribution >= 4 is 17.4 Å². The van der Waals surface area contributed by atoms with Crippen molar-refractivity contribution in [2.75, 3.05) is 6.54 Å². The Labute approximate surface area is 151 Å². The van der Waals surface area contributed by atoms with E-state index in [0.717, 1.165) is 31.4 Å². The van der Waals surface area contributed by atoms with Crippen LogP contribution < -0.4 is 5.32 Å². The number of allylic oxidation sites excluding steroid dienone is 1. The first-order chi connectivity index (χ1) is 12.6. The van der Waals surface area contributed by atoms with Gasteiger partial charge in [-0.15, -0.1) is 0 Å². The van der Waals surface area contributed by atoms with Crippen LogP contribution in [0.1, 0.15) is 55.3 Å². The highest BCUT2D eigenvalue weighted by molar-refractivity contribution is 6.47. The second-order valence-electron chi connectivity index (χ2n) is 6.82. The quantitative estimate of drug-likeness (QED) is 0.835. The van der Waals surface area contributed by atoms with E-state index >= 15 is 0 Å². The fourth-order valence-corrected chi connectivity index (χ4v) is 3.59. The van der Waals surface area contributed by atoms with Crippen LogP contribution in [0.25, 0.3) is 0 Å². The third-order valence-corrected chi connectivity index (χ3v) is 5.01. The van der Waals surface area contributed by atoms with Gasteiger partial charge in [0.15, 0.2) is 5.78 Å². The summed E-state index contributed by atoms with van der Waals surface area (Å²) in [6.07, 6.45) is 8.81. The molecule has 1 fully saturated rings. The number of hydrogen-bond acceptors (Lipinski definition) is 3. The molecule has 1 saturated carbocycles. The van der Waals surface area contributed by atoms with Gasteiger partial charge in [0, 0.05) is 6.42 Å².